The molecule has 34 heavy (non-hydrogen) atoms. The predicted octanol–water partition coefficient (Wildman–Crippen LogP) is 4.53. The highest BCUT2D eigenvalue weighted by Crippen LogP contribution is 2.36. The number of likely N-dealkylation sites (N-methyl/N-ethyl adjacent to an activating group) is 1. The van der Waals surface area contributed by atoms with E-state index in [1.807, 2.05) is 59.3 Å². The summed E-state index contributed by atoms with van der Waals surface area (Å²) in [5.41, 5.74) is 8.42. The molecule has 2 heterocycles. The molecule has 0 atom stereocenters. The minimum Gasteiger partial charge on any atom is -0.457 e. The molecule has 176 valence electrons. The van der Waals surface area contributed by atoms with Crippen LogP contribution in [-0.2, 0) is 0 Å². The van der Waals surface area contributed by atoms with Crippen LogP contribution in [0.15, 0.2) is 54.6 Å². The molecule has 7 heteroatoms. The second-order valence-corrected chi connectivity index (χ2v) is 9.41. The van der Waals surface area contributed by atoms with Crippen LogP contribution in [0.3, 0.4) is 0 Å². The summed E-state index contributed by atoms with van der Waals surface area (Å²) in [5.74, 6) is 2.00. The highest BCUT2D eigenvalue weighted by atomic mass is 16.5. The number of rotatable bonds is 5. The first-order valence-electron chi connectivity index (χ1n) is 12.2. The van der Waals surface area contributed by atoms with Crippen molar-refractivity contribution in [2.24, 2.45) is 0 Å². The quantitative estimate of drug-likeness (QED) is 0.607. The number of hydrogen-bond acceptors (Lipinski definition) is 6. The van der Waals surface area contributed by atoms with Gasteiger partial charge in [0.15, 0.2) is 0 Å². The molecule has 7 nitrogen and oxygen atoms in total. The zero-order valence-electron chi connectivity index (χ0n) is 19.7. The van der Waals surface area contributed by atoms with E-state index in [-0.39, 0.29) is 6.04 Å². The molecule has 2 N–H and O–H groups in total. The first-order valence-corrected chi connectivity index (χ1v) is 12.2. The van der Waals surface area contributed by atoms with E-state index < -0.39 is 0 Å². The maximum Gasteiger partial charge on any atom is 0.140 e. The fraction of sp³-hybridized carbons (Fsp3) is 0.407. The van der Waals surface area contributed by atoms with Crippen LogP contribution < -0.4 is 10.5 Å². The van der Waals surface area contributed by atoms with Crippen LogP contribution in [0.25, 0.3) is 11.3 Å². The summed E-state index contributed by atoms with van der Waals surface area (Å²) in [6.07, 6.45) is 4.38. The normalized spacial score (nSPS) is 21.8. The van der Waals surface area contributed by atoms with Gasteiger partial charge in [0, 0.05) is 37.8 Å². The average Bonchev–Trinajstić information content (AvgIpc) is 3.22. The number of nitriles is 1. The van der Waals surface area contributed by atoms with E-state index in [9.17, 15) is 5.26 Å². The van der Waals surface area contributed by atoms with E-state index in [2.05, 4.69) is 22.9 Å². The van der Waals surface area contributed by atoms with Gasteiger partial charge in [-0.3, -0.25) is 4.90 Å². The maximum atomic E-state index is 9.84. The molecule has 1 aromatic heterocycles. The van der Waals surface area contributed by atoms with Crippen LogP contribution in [-0.4, -0.2) is 58.8 Å². The van der Waals surface area contributed by atoms with Crippen molar-refractivity contribution in [2.75, 3.05) is 39.0 Å². The standard InChI is InChI=1S/C27H32N6O/c1-31-15-17-32(18-16-31)21-9-11-22(12-10-21)33-27(29)25(19-28)26(30-33)20-7-13-24(14-8-20)34-23-5-3-2-4-6-23/h2-8,13-14,21-22H,9-12,15-18,29H2,1H3/t21-,22-. The smallest absolute Gasteiger partial charge is 0.140 e. The Bertz CT molecular complexity index is 1130. The van der Waals surface area contributed by atoms with Gasteiger partial charge in [0.05, 0.1) is 6.04 Å². The third-order valence-corrected chi connectivity index (χ3v) is 7.23. The second kappa shape index (κ2) is 9.88. The molecule has 2 aliphatic rings. The van der Waals surface area contributed by atoms with Crippen molar-refractivity contribution in [3.63, 3.8) is 0 Å². The maximum absolute atomic E-state index is 9.84. The number of piperazine rings is 1. The summed E-state index contributed by atoms with van der Waals surface area (Å²) in [4.78, 5) is 5.05. The molecular formula is C27H32N6O. The zero-order valence-corrected chi connectivity index (χ0v) is 19.7. The largest absolute Gasteiger partial charge is 0.457 e. The Morgan fingerprint density at radius 3 is 2.15 bits per heavy atom. The van der Waals surface area contributed by atoms with E-state index in [1.165, 1.54) is 0 Å². The molecule has 5 rings (SSSR count). The summed E-state index contributed by atoms with van der Waals surface area (Å²) < 4.78 is 7.80. The summed E-state index contributed by atoms with van der Waals surface area (Å²) in [7, 11) is 2.20. The van der Waals surface area contributed by atoms with Gasteiger partial charge < -0.3 is 15.4 Å². The lowest BCUT2D eigenvalue weighted by Gasteiger charge is -2.41. The monoisotopic (exact) mass is 456 g/mol. The Kier molecular flexibility index (Phi) is 6.52. The van der Waals surface area contributed by atoms with Crippen molar-refractivity contribution in [1.29, 1.82) is 5.26 Å². The number of benzene rings is 2. The number of nitrogen functional groups attached to an aromatic ring is 1. The minimum atomic E-state index is 0.241. The second-order valence-electron chi connectivity index (χ2n) is 9.41. The average molecular weight is 457 g/mol. The molecule has 1 saturated carbocycles. The van der Waals surface area contributed by atoms with Crippen molar-refractivity contribution < 1.29 is 4.74 Å². The van der Waals surface area contributed by atoms with Crippen molar-refractivity contribution in [1.82, 2.24) is 19.6 Å². The minimum absolute atomic E-state index is 0.241. The Morgan fingerprint density at radius 1 is 0.882 bits per heavy atom. The van der Waals surface area contributed by atoms with E-state index in [4.69, 9.17) is 15.6 Å². The van der Waals surface area contributed by atoms with Gasteiger partial charge in [-0.05, 0) is 69.1 Å². The van der Waals surface area contributed by atoms with Crippen LogP contribution in [0.4, 0.5) is 5.82 Å². The highest BCUT2D eigenvalue weighted by Gasteiger charge is 2.30. The number of nitrogens with zero attached hydrogens (tertiary/aromatic N) is 5. The van der Waals surface area contributed by atoms with Gasteiger partial charge in [0.2, 0.25) is 0 Å². The van der Waals surface area contributed by atoms with Gasteiger partial charge >= 0.3 is 0 Å². The Labute approximate surface area is 201 Å². The van der Waals surface area contributed by atoms with Crippen LogP contribution in [0.5, 0.6) is 11.5 Å². The Morgan fingerprint density at radius 2 is 1.50 bits per heavy atom. The first-order chi connectivity index (χ1) is 16.6. The summed E-state index contributed by atoms with van der Waals surface area (Å²) in [6, 6.07) is 20.5. The van der Waals surface area contributed by atoms with Crippen molar-refractivity contribution in [3.8, 4) is 28.8 Å². The molecule has 2 fully saturated rings. The van der Waals surface area contributed by atoms with Gasteiger partial charge in [0.25, 0.3) is 0 Å². The molecule has 0 radical (unpaired) electrons. The molecule has 0 amide bonds. The molecule has 1 aliphatic carbocycles. The van der Waals surface area contributed by atoms with E-state index in [1.54, 1.807) is 0 Å². The van der Waals surface area contributed by atoms with Crippen molar-refractivity contribution in [2.45, 2.75) is 37.8 Å². The summed E-state index contributed by atoms with van der Waals surface area (Å²) in [6.45, 7) is 4.61. The van der Waals surface area contributed by atoms with E-state index in [0.717, 1.165) is 68.9 Å². The third-order valence-electron chi connectivity index (χ3n) is 7.23. The number of para-hydroxylation sites is 1. The molecular weight excluding hydrogens is 424 g/mol. The van der Waals surface area contributed by atoms with Gasteiger partial charge in [0.1, 0.15) is 34.6 Å². The molecule has 0 bridgehead atoms. The Balaban J connectivity index is 1.29. The lowest BCUT2D eigenvalue weighted by atomic mass is 9.90. The van der Waals surface area contributed by atoms with E-state index in [0.29, 0.717) is 23.1 Å². The summed E-state index contributed by atoms with van der Waals surface area (Å²) >= 11 is 0. The van der Waals surface area contributed by atoms with Crippen molar-refractivity contribution in [3.05, 3.63) is 60.2 Å². The fourth-order valence-corrected chi connectivity index (χ4v) is 5.20. The SMILES string of the molecule is CN1CCN([C@H]2CC[C@H](n3nc(-c4ccc(Oc5ccccc5)cc4)c(C#N)c3N)CC2)CC1. The lowest BCUT2D eigenvalue weighted by molar-refractivity contribution is 0.0813. The fourth-order valence-electron chi connectivity index (χ4n) is 5.20. The van der Waals surface area contributed by atoms with Gasteiger partial charge in [-0.2, -0.15) is 10.4 Å². The number of nitrogens with two attached hydrogens (primary N) is 1. The molecule has 2 aromatic carbocycles. The molecule has 0 spiro atoms. The molecule has 1 saturated heterocycles. The van der Waals surface area contributed by atoms with Crippen LogP contribution in [0, 0.1) is 11.3 Å². The highest BCUT2D eigenvalue weighted by molar-refractivity contribution is 5.73. The summed E-state index contributed by atoms with van der Waals surface area (Å²) in [5, 5.41) is 14.7. The number of anilines is 1. The predicted molar refractivity (Wildman–Crippen MR) is 134 cm³/mol. The number of aromatic nitrogens is 2. The third kappa shape index (κ3) is 4.65. The van der Waals surface area contributed by atoms with Crippen molar-refractivity contribution >= 4 is 5.82 Å². The van der Waals surface area contributed by atoms with E-state index >= 15 is 0 Å². The van der Waals surface area contributed by atoms with Crippen LogP contribution >= 0.6 is 0 Å². The van der Waals surface area contributed by atoms with Crippen LogP contribution in [0.2, 0.25) is 0 Å². The first kappa shape index (κ1) is 22.5. The number of ether oxygens (including phenoxy) is 1. The number of hydrogen-bond donors (Lipinski definition) is 1. The molecule has 3 aromatic rings. The topological polar surface area (TPSA) is 83.3 Å². The molecule has 1 aliphatic heterocycles. The molecule has 0 unspecified atom stereocenters. The Hall–Kier alpha value is -3.34. The lowest BCUT2D eigenvalue weighted by Crippen LogP contribution is -2.50. The van der Waals surface area contributed by atoms with Gasteiger partial charge in [-0.1, -0.05) is 18.2 Å². The van der Waals surface area contributed by atoms with Gasteiger partial charge in [-0.25, -0.2) is 4.68 Å². The van der Waals surface area contributed by atoms with Gasteiger partial charge in [-0.15, -0.1) is 0 Å². The van der Waals surface area contributed by atoms with Crippen LogP contribution in [0.1, 0.15) is 37.3 Å². The zero-order chi connectivity index (χ0) is 23.5.